The van der Waals surface area contributed by atoms with E-state index >= 15 is 0 Å². The molecule has 1 aliphatic heterocycles. The molecule has 0 aromatic carbocycles. The average Bonchev–Trinajstić information content (AvgIpc) is 2.13. The Morgan fingerprint density at radius 1 is 1.33 bits per heavy atom. The van der Waals surface area contributed by atoms with E-state index in [-0.39, 0.29) is 0 Å². The van der Waals surface area contributed by atoms with Crippen molar-refractivity contribution in [2.24, 2.45) is 0 Å². The summed E-state index contributed by atoms with van der Waals surface area (Å²) >= 11 is 2.02. The summed E-state index contributed by atoms with van der Waals surface area (Å²) in [6.07, 6.45) is 1.28. The molecule has 1 fully saturated rings. The van der Waals surface area contributed by atoms with Crippen LogP contribution >= 0.6 is 11.8 Å². The lowest BCUT2D eigenvalue weighted by Crippen LogP contribution is -2.30. The Balaban J connectivity index is 2.18. The van der Waals surface area contributed by atoms with Crippen molar-refractivity contribution in [2.75, 3.05) is 24.6 Å². The molecular formula is C5H10B2NS. The van der Waals surface area contributed by atoms with Gasteiger partial charge in [-0.15, -0.1) is 0 Å². The van der Waals surface area contributed by atoms with E-state index in [1.807, 2.05) is 11.8 Å². The fraction of sp³-hybridized carbons (Fsp3) is 1.00. The molecule has 1 heterocycles. The Morgan fingerprint density at radius 3 is 3.00 bits per heavy atom. The predicted molar refractivity (Wildman–Crippen MR) is 45.0 cm³/mol. The van der Waals surface area contributed by atoms with Crippen LogP contribution in [0.2, 0.25) is 0 Å². The second-order valence-electron chi connectivity index (χ2n) is 2.15. The molecular weight excluding hydrogens is 128 g/mol. The van der Waals surface area contributed by atoms with Crippen LogP contribution in [0.25, 0.3) is 0 Å². The smallest absolute Gasteiger partial charge is 0.148 e. The number of thioether (sulfide) groups is 1. The van der Waals surface area contributed by atoms with Crippen LogP contribution in [0.1, 0.15) is 6.42 Å². The minimum absolute atomic E-state index is 1.13. The standard InChI is InChI=1S/C5H10B2NS/c6-7-8-2-1-4-9-5-3-8/h1-5H2. The van der Waals surface area contributed by atoms with Crippen molar-refractivity contribution in [3.63, 3.8) is 0 Å². The SMILES string of the molecule is [B][B]N1CCCSCC1. The second-order valence-corrected chi connectivity index (χ2v) is 3.38. The third-order valence-corrected chi connectivity index (χ3v) is 2.52. The number of rotatable bonds is 1. The Hall–Kier alpha value is 0.440. The molecule has 0 N–H and O–H groups in total. The van der Waals surface area contributed by atoms with Gasteiger partial charge in [-0.05, 0) is 25.3 Å². The molecule has 4 heteroatoms. The first-order chi connectivity index (χ1) is 4.43. The molecule has 1 nitrogen and oxygen atoms in total. The minimum atomic E-state index is 1.13. The van der Waals surface area contributed by atoms with Crippen LogP contribution in [-0.4, -0.2) is 44.4 Å². The van der Waals surface area contributed by atoms with E-state index in [4.69, 9.17) is 7.74 Å². The normalized spacial score (nSPS) is 23.1. The summed E-state index contributed by atoms with van der Waals surface area (Å²) in [5.41, 5.74) is 0. The highest BCUT2D eigenvalue weighted by Gasteiger charge is 2.05. The first-order valence-corrected chi connectivity index (χ1v) is 4.46. The molecule has 0 spiro atoms. The topological polar surface area (TPSA) is 3.24 Å². The van der Waals surface area contributed by atoms with E-state index in [1.54, 1.807) is 7.31 Å². The van der Waals surface area contributed by atoms with Crippen molar-refractivity contribution < 1.29 is 0 Å². The van der Waals surface area contributed by atoms with E-state index in [2.05, 4.69) is 4.81 Å². The number of nitrogens with zero attached hydrogens (tertiary/aromatic N) is 1. The zero-order valence-electron chi connectivity index (χ0n) is 5.55. The van der Waals surface area contributed by atoms with Crippen molar-refractivity contribution in [2.45, 2.75) is 6.42 Å². The maximum Gasteiger partial charge on any atom is 0.148 e. The van der Waals surface area contributed by atoms with Crippen LogP contribution in [0.4, 0.5) is 0 Å². The molecule has 9 heavy (non-hydrogen) atoms. The fourth-order valence-electron chi connectivity index (χ4n) is 0.914. The third kappa shape index (κ3) is 2.67. The lowest BCUT2D eigenvalue weighted by atomic mass is 9.65. The van der Waals surface area contributed by atoms with Crippen molar-refractivity contribution in [3.05, 3.63) is 0 Å². The molecule has 0 aromatic rings. The molecule has 0 bridgehead atoms. The van der Waals surface area contributed by atoms with Crippen LogP contribution in [0.15, 0.2) is 0 Å². The van der Waals surface area contributed by atoms with Gasteiger partial charge in [0.25, 0.3) is 0 Å². The van der Waals surface area contributed by atoms with Gasteiger partial charge < -0.3 is 4.81 Å². The van der Waals surface area contributed by atoms with Crippen molar-refractivity contribution in [3.8, 4) is 0 Å². The highest BCUT2D eigenvalue weighted by Crippen LogP contribution is 2.07. The van der Waals surface area contributed by atoms with Gasteiger partial charge in [0.2, 0.25) is 0 Å². The van der Waals surface area contributed by atoms with Gasteiger partial charge in [0.05, 0.1) is 0 Å². The molecule has 1 aliphatic rings. The quantitative estimate of drug-likeness (QED) is 0.473. The zero-order chi connectivity index (χ0) is 6.53. The summed E-state index contributed by atoms with van der Waals surface area (Å²) in [4.78, 5) is 2.18. The van der Waals surface area contributed by atoms with Crippen molar-refractivity contribution in [1.82, 2.24) is 4.81 Å². The first-order valence-electron chi connectivity index (χ1n) is 3.30. The molecule has 3 radical (unpaired) electrons. The molecule has 0 unspecified atom stereocenters. The molecule has 0 atom stereocenters. The Morgan fingerprint density at radius 2 is 2.22 bits per heavy atom. The van der Waals surface area contributed by atoms with Crippen LogP contribution in [-0.2, 0) is 0 Å². The van der Waals surface area contributed by atoms with Crippen LogP contribution in [0, 0.1) is 0 Å². The number of hydrogen-bond donors (Lipinski definition) is 0. The second kappa shape index (κ2) is 4.29. The highest BCUT2D eigenvalue weighted by atomic mass is 32.2. The van der Waals surface area contributed by atoms with E-state index < -0.39 is 0 Å². The summed E-state index contributed by atoms with van der Waals surface area (Å²) < 4.78 is 0. The molecule has 0 aromatic heterocycles. The summed E-state index contributed by atoms with van der Waals surface area (Å²) in [7, 11) is 7.06. The van der Waals surface area contributed by atoms with Crippen LogP contribution < -0.4 is 0 Å². The van der Waals surface area contributed by atoms with E-state index in [1.165, 1.54) is 17.9 Å². The van der Waals surface area contributed by atoms with E-state index in [0.717, 1.165) is 13.1 Å². The van der Waals surface area contributed by atoms with Gasteiger partial charge in [0.15, 0.2) is 0 Å². The Labute approximate surface area is 63.2 Å². The predicted octanol–water partition coefficient (Wildman–Crippen LogP) is 0.128. The average molecular weight is 138 g/mol. The fourth-order valence-corrected chi connectivity index (χ4v) is 1.82. The van der Waals surface area contributed by atoms with Gasteiger partial charge in [0.1, 0.15) is 7.31 Å². The maximum absolute atomic E-state index is 5.36. The minimum Gasteiger partial charge on any atom is -0.356 e. The monoisotopic (exact) mass is 138 g/mol. The van der Waals surface area contributed by atoms with Crippen molar-refractivity contribution in [1.29, 1.82) is 0 Å². The molecule has 1 saturated heterocycles. The lowest BCUT2D eigenvalue weighted by molar-refractivity contribution is 0.484. The lowest BCUT2D eigenvalue weighted by Gasteiger charge is -2.15. The van der Waals surface area contributed by atoms with E-state index in [0.29, 0.717) is 0 Å². The summed E-state index contributed by atoms with van der Waals surface area (Å²) in [6, 6.07) is 0. The summed E-state index contributed by atoms with van der Waals surface area (Å²) in [5, 5.41) is 0. The van der Waals surface area contributed by atoms with Gasteiger partial charge >= 0.3 is 0 Å². The molecule has 0 aliphatic carbocycles. The third-order valence-electron chi connectivity index (χ3n) is 1.47. The van der Waals surface area contributed by atoms with Gasteiger partial charge in [0, 0.05) is 13.5 Å². The van der Waals surface area contributed by atoms with Crippen LogP contribution in [0.5, 0.6) is 0 Å². The maximum atomic E-state index is 5.36. The van der Waals surface area contributed by atoms with Gasteiger partial charge in [-0.3, -0.25) is 0 Å². The van der Waals surface area contributed by atoms with Crippen LogP contribution in [0.3, 0.4) is 0 Å². The first kappa shape index (κ1) is 7.55. The molecule has 0 amide bonds. The Bertz CT molecular complexity index is 73.4. The number of hydrogen-bond acceptors (Lipinski definition) is 2. The summed E-state index contributed by atoms with van der Waals surface area (Å²) in [5.74, 6) is 2.53. The van der Waals surface area contributed by atoms with Crippen molar-refractivity contribution >= 4 is 26.8 Å². The zero-order valence-corrected chi connectivity index (χ0v) is 6.36. The Kier molecular flexibility index (Phi) is 3.59. The van der Waals surface area contributed by atoms with Gasteiger partial charge in [-0.25, -0.2) is 0 Å². The molecule has 0 saturated carbocycles. The summed E-state index contributed by atoms with van der Waals surface area (Å²) in [6.45, 7) is 2.27. The molecule has 47 valence electrons. The largest absolute Gasteiger partial charge is 0.356 e. The molecule has 1 rings (SSSR count). The van der Waals surface area contributed by atoms with E-state index in [9.17, 15) is 0 Å². The van der Waals surface area contributed by atoms with Gasteiger partial charge in [-0.1, -0.05) is 0 Å². The van der Waals surface area contributed by atoms with Gasteiger partial charge in [-0.2, -0.15) is 11.8 Å². The highest BCUT2D eigenvalue weighted by molar-refractivity contribution is 7.99.